The lowest BCUT2D eigenvalue weighted by molar-refractivity contribution is 0.220. The van der Waals surface area contributed by atoms with Crippen LogP contribution in [-0.4, -0.2) is 22.3 Å². The zero-order chi connectivity index (χ0) is 13.1. The van der Waals surface area contributed by atoms with Crippen LogP contribution in [0.25, 0.3) is 0 Å². The number of aliphatic hydroxyl groups is 1. The number of benzene rings is 2. The van der Waals surface area contributed by atoms with Gasteiger partial charge < -0.3 is 15.2 Å². The average molecular weight is 246 g/mol. The molecule has 0 heterocycles. The highest BCUT2D eigenvalue weighted by Gasteiger charge is 2.15. The van der Waals surface area contributed by atoms with Gasteiger partial charge in [-0.1, -0.05) is 36.4 Å². The molecule has 18 heavy (non-hydrogen) atoms. The van der Waals surface area contributed by atoms with Gasteiger partial charge in [0.15, 0.2) is 0 Å². The molecule has 1 atom stereocenters. The molecule has 0 bridgehead atoms. The van der Waals surface area contributed by atoms with Gasteiger partial charge in [0.25, 0.3) is 0 Å². The maximum absolute atomic E-state index is 12.8. The lowest BCUT2D eigenvalue weighted by atomic mass is 9.79. The van der Waals surface area contributed by atoms with Gasteiger partial charge in [-0.2, -0.15) is 0 Å². The van der Waals surface area contributed by atoms with Gasteiger partial charge in [-0.25, -0.2) is 4.39 Å². The number of aliphatic hydroxyl groups excluding tert-OH is 1. The summed E-state index contributed by atoms with van der Waals surface area (Å²) in [6.45, 7) is 0. The Kier molecular flexibility index (Phi) is 3.76. The third-order valence-corrected chi connectivity index (χ3v) is 2.71. The fourth-order valence-corrected chi connectivity index (χ4v) is 1.73. The van der Waals surface area contributed by atoms with Crippen molar-refractivity contribution in [2.24, 2.45) is 0 Å². The predicted molar refractivity (Wildman–Crippen MR) is 66.7 cm³/mol. The molecule has 2 aromatic rings. The molecule has 92 valence electrons. The van der Waals surface area contributed by atoms with E-state index in [9.17, 15) is 9.50 Å². The quantitative estimate of drug-likeness (QED) is 0.694. The maximum Gasteiger partial charge on any atom is 0.488 e. The lowest BCUT2D eigenvalue weighted by Gasteiger charge is -2.12. The molecule has 0 aliphatic rings. The summed E-state index contributed by atoms with van der Waals surface area (Å²) < 4.78 is 12.8. The van der Waals surface area contributed by atoms with E-state index in [0.717, 1.165) is 0 Å². The lowest BCUT2D eigenvalue weighted by Crippen LogP contribution is -2.30. The Labute approximate surface area is 104 Å². The molecule has 0 fully saturated rings. The highest BCUT2D eigenvalue weighted by molar-refractivity contribution is 6.58. The van der Waals surface area contributed by atoms with Crippen LogP contribution in [0.2, 0.25) is 0 Å². The van der Waals surface area contributed by atoms with Gasteiger partial charge in [-0.05, 0) is 28.7 Å². The van der Waals surface area contributed by atoms with Crippen LogP contribution in [0.15, 0.2) is 48.5 Å². The van der Waals surface area contributed by atoms with Crippen LogP contribution < -0.4 is 5.46 Å². The summed E-state index contributed by atoms with van der Waals surface area (Å²) in [5, 5.41) is 28.2. The number of hydrogen-bond acceptors (Lipinski definition) is 3. The third kappa shape index (κ3) is 2.76. The second-order valence-corrected chi connectivity index (χ2v) is 4.00. The van der Waals surface area contributed by atoms with Crippen molar-refractivity contribution in [1.29, 1.82) is 0 Å². The Bertz CT molecular complexity index is 528. The van der Waals surface area contributed by atoms with Crippen molar-refractivity contribution < 1.29 is 19.5 Å². The molecule has 0 saturated carbocycles. The van der Waals surface area contributed by atoms with Crippen LogP contribution in [0.1, 0.15) is 17.2 Å². The number of hydrogen-bond donors (Lipinski definition) is 3. The van der Waals surface area contributed by atoms with Gasteiger partial charge in [-0.3, -0.25) is 0 Å². The van der Waals surface area contributed by atoms with Crippen molar-refractivity contribution in [2.75, 3.05) is 0 Å². The zero-order valence-corrected chi connectivity index (χ0v) is 9.49. The monoisotopic (exact) mass is 246 g/mol. The summed E-state index contributed by atoms with van der Waals surface area (Å²) in [6, 6.07) is 11.8. The summed E-state index contributed by atoms with van der Waals surface area (Å²) in [5.41, 5.74) is 1.36. The van der Waals surface area contributed by atoms with E-state index in [1.165, 1.54) is 30.3 Å². The summed E-state index contributed by atoms with van der Waals surface area (Å²) in [6.07, 6.45) is -0.927. The highest BCUT2D eigenvalue weighted by atomic mass is 19.1. The van der Waals surface area contributed by atoms with E-state index < -0.39 is 13.2 Å². The molecule has 3 N–H and O–H groups in total. The summed E-state index contributed by atoms with van der Waals surface area (Å²) in [4.78, 5) is 0. The van der Waals surface area contributed by atoms with E-state index in [0.29, 0.717) is 16.6 Å². The molecular formula is C13H12BFO3. The van der Waals surface area contributed by atoms with E-state index in [-0.39, 0.29) is 5.82 Å². The summed E-state index contributed by atoms with van der Waals surface area (Å²) in [5.74, 6) is -0.370. The first-order valence-electron chi connectivity index (χ1n) is 5.47. The highest BCUT2D eigenvalue weighted by Crippen LogP contribution is 2.21. The molecular weight excluding hydrogens is 234 g/mol. The number of halogens is 1. The van der Waals surface area contributed by atoms with Crippen molar-refractivity contribution in [3.05, 3.63) is 65.5 Å². The van der Waals surface area contributed by atoms with Crippen LogP contribution in [0.4, 0.5) is 4.39 Å². The zero-order valence-electron chi connectivity index (χ0n) is 9.49. The van der Waals surface area contributed by atoms with Crippen LogP contribution in [0.3, 0.4) is 0 Å². The Balaban J connectivity index is 2.30. The molecule has 0 unspecified atom stereocenters. The van der Waals surface area contributed by atoms with E-state index in [1.807, 2.05) is 0 Å². The first-order chi connectivity index (χ1) is 8.58. The van der Waals surface area contributed by atoms with E-state index in [1.54, 1.807) is 18.2 Å². The summed E-state index contributed by atoms with van der Waals surface area (Å²) in [7, 11) is -1.58. The molecule has 0 radical (unpaired) electrons. The van der Waals surface area contributed by atoms with Gasteiger partial charge in [0.1, 0.15) is 11.9 Å². The molecule has 0 saturated heterocycles. The van der Waals surface area contributed by atoms with Gasteiger partial charge in [-0.15, -0.1) is 0 Å². The summed E-state index contributed by atoms with van der Waals surface area (Å²) >= 11 is 0. The van der Waals surface area contributed by atoms with E-state index in [2.05, 4.69) is 0 Å². The molecule has 5 heteroatoms. The van der Waals surface area contributed by atoms with Gasteiger partial charge >= 0.3 is 7.12 Å². The van der Waals surface area contributed by atoms with Crippen molar-refractivity contribution >= 4 is 12.6 Å². The molecule has 0 aliphatic carbocycles. The Morgan fingerprint density at radius 1 is 0.944 bits per heavy atom. The van der Waals surface area contributed by atoms with Crippen molar-refractivity contribution in [3.8, 4) is 0 Å². The predicted octanol–water partition coefficient (Wildman–Crippen LogP) is 0.587. The van der Waals surface area contributed by atoms with Gasteiger partial charge in [0.2, 0.25) is 0 Å². The molecule has 0 aromatic heterocycles. The topological polar surface area (TPSA) is 60.7 Å². The van der Waals surface area contributed by atoms with Crippen molar-refractivity contribution in [3.63, 3.8) is 0 Å². The first-order valence-corrected chi connectivity index (χ1v) is 5.47. The standard InChI is InChI=1S/C13H12BFO3/c15-12-6-4-9(5-7-12)13(16)10-2-1-3-11(8-10)14(17)18/h1-8,13,16-18H/t13-/m0/s1. The second kappa shape index (κ2) is 5.31. The molecule has 0 amide bonds. The minimum absolute atomic E-state index is 0.300. The fraction of sp³-hybridized carbons (Fsp3) is 0.0769. The molecule has 0 spiro atoms. The maximum atomic E-state index is 12.8. The SMILES string of the molecule is OB(O)c1cccc([C@@H](O)c2ccc(F)cc2)c1. The Hall–Kier alpha value is -1.69. The number of rotatable bonds is 3. The Morgan fingerprint density at radius 2 is 1.61 bits per heavy atom. The minimum atomic E-state index is -1.58. The molecule has 2 aromatic carbocycles. The molecule has 2 rings (SSSR count). The molecule has 3 nitrogen and oxygen atoms in total. The largest absolute Gasteiger partial charge is 0.488 e. The van der Waals surface area contributed by atoms with Crippen molar-refractivity contribution in [2.45, 2.75) is 6.10 Å². The van der Waals surface area contributed by atoms with E-state index >= 15 is 0 Å². The van der Waals surface area contributed by atoms with Gasteiger partial charge in [0.05, 0.1) is 0 Å². The Morgan fingerprint density at radius 3 is 2.22 bits per heavy atom. The van der Waals surface area contributed by atoms with E-state index in [4.69, 9.17) is 10.0 Å². The van der Waals surface area contributed by atoms with Crippen LogP contribution in [0, 0.1) is 5.82 Å². The van der Waals surface area contributed by atoms with Gasteiger partial charge in [0, 0.05) is 0 Å². The smallest absolute Gasteiger partial charge is 0.423 e. The van der Waals surface area contributed by atoms with Crippen molar-refractivity contribution in [1.82, 2.24) is 0 Å². The first kappa shape index (κ1) is 12.8. The van der Waals surface area contributed by atoms with Crippen LogP contribution >= 0.6 is 0 Å². The third-order valence-electron chi connectivity index (χ3n) is 2.71. The average Bonchev–Trinajstić information content (AvgIpc) is 2.39. The minimum Gasteiger partial charge on any atom is -0.423 e. The fourth-order valence-electron chi connectivity index (χ4n) is 1.73. The molecule has 0 aliphatic heterocycles. The normalized spacial score (nSPS) is 12.2. The second-order valence-electron chi connectivity index (χ2n) is 4.00. The van der Waals surface area contributed by atoms with Crippen LogP contribution in [0.5, 0.6) is 0 Å². The van der Waals surface area contributed by atoms with Crippen LogP contribution in [-0.2, 0) is 0 Å².